The van der Waals surface area contributed by atoms with E-state index < -0.39 is 0 Å². The fourth-order valence-electron chi connectivity index (χ4n) is 1.79. The Labute approximate surface area is 134 Å². The molecule has 8 heteroatoms. The van der Waals surface area contributed by atoms with E-state index in [0.29, 0.717) is 15.8 Å². The molecule has 0 spiro atoms. The molecule has 1 fully saturated rings. The van der Waals surface area contributed by atoms with Crippen molar-refractivity contribution in [1.29, 1.82) is 0 Å². The molecule has 1 aromatic heterocycles. The van der Waals surface area contributed by atoms with Gasteiger partial charge in [-0.3, -0.25) is 9.48 Å². The monoisotopic (exact) mass is 328 g/mol. The Hall–Kier alpha value is -1.12. The first kappa shape index (κ1) is 16.3. The largest absolute Gasteiger partial charge is 0.379 e. The maximum atomic E-state index is 12.0. The predicted molar refractivity (Wildman–Crippen MR) is 88.5 cm³/mol. The minimum atomic E-state index is -0.265. The number of anilines is 1. The van der Waals surface area contributed by atoms with E-state index in [1.807, 2.05) is 20.0 Å². The topological polar surface area (TPSA) is 68.2 Å². The highest BCUT2D eigenvalue weighted by atomic mass is 32.2. The molecule has 6 nitrogen and oxygen atoms in total. The molecule has 1 aliphatic heterocycles. The van der Waals surface area contributed by atoms with Gasteiger partial charge in [-0.25, -0.2) is 0 Å². The van der Waals surface area contributed by atoms with Crippen LogP contribution in [0.1, 0.15) is 20.3 Å². The zero-order chi connectivity index (χ0) is 15.5. The highest BCUT2D eigenvalue weighted by molar-refractivity contribution is 8.23. The van der Waals surface area contributed by atoms with E-state index in [1.54, 1.807) is 18.0 Å². The van der Waals surface area contributed by atoms with Crippen molar-refractivity contribution in [2.45, 2.75) is 38.5 Å². The number of nitrogens with zero attached hydrogens (tertiary/aromatic N) is 2. The standard InChI is InChI=1S/C13H20N4O2S2/c1-13(2,19-3)4-5-17-7-9(6-14-17)15-11(18)10-8-21-12(20)16-10/h6-7,10H,4-5,8H2,1-3H3,(H,15,18)(H,16,20). The Kier molecular flexibility index (Phi) is 5.23. The number of rotatable bonds is 6. The van der Waals surface area contributed by atoms with Crippen LogP contribution >= 0.6 is 24.0 Å². The first-order valence-corrected chi connectivity index (χ1v) is 8.11. The van der Waals surface area contributed by atoms with Gasteiger partial charge in [-0.1, -0.05) is 24.0 Å². The van der Waals surface area contributed by atoms with Crippen molar-refractivity contribution in [1.82, 2.24) is 15.1 Å². The lowest BCUT2D eigenvalue weighted by atomic mass is 10.1. The first-order valence-electron chi connectivity index (χ1n) is 6.71. The zero-order valence-electron chi connectivity index (χ0n) is 12.4. The van der Waals surface area contributed by atoms with Gasteiger partial charge in [0, 0.05) is 25.6 Å². The number of hydrogen-bond acceptors (Lipinski definition) is 5. The molecule has 1 unspecified atom stereocenters. The summed E-state index contributed by atoms with van der Waals surface area (Å²) in [5.41, 5.74) is 0.510. The van der Waals surface area contributed by atoms with Gasteiger partial charge in [0.25, 0.3) is 0 Å². The Morgan fingerprint density at radius 2 is 2.48 bits per heavy atom. The van der Waals surface area contributed by atoms with E-state index in [1.165, 1.54) is 11.8 Å². The Balaban J connectivity index is 1.85. The number of thioether (sulfide) groups is 1. The molecule has 1 aliphatic rings. The number of aryl methyl sites for hydroxylation is 1. The van der Waals surface area contributed by atoms with E-state index in [0.717, 1.165) is 13.0 Å². The second-order valence-corrected chi connectivity index (χ2v) is 7.19. The molecule has 2 rings (SSSR count). The van der Waals surface area contributed by atoms with Crippen molar-refractivity contribution < 1.29 is 9.53 Å². The maximum absolute atomic E-state index is 12.0. The average molecular weight is 328 g/mol. The molecule has 1 atom stereocenters. The van der Waals surface area contributed by atoms with E-state index in [-0.39, 0.29) is 17.6 Å². The van der Waals surface area contributed by atoms with E-state index in [4.69, 9.17) is 17.0 Å². The summed E-state index contributed by atoms with van der Waals surface area (Å²) in [4.78, 5) is 12.0. The number of ether oxygens (including phenoxy) is 1. The first-order chi connectivity index (χ1) is 9.89. The van der Waals surface area contributed by atoms with Crippen LogP contribution in [0, 0.1) is 0 Å². The summed E-state index contributed by atoms with van der Waals surface area (Å²) in [5.74, 6) is 0.583. The third-order valence-corrected chi connectivity index (χ3v) is 4.74. The summed E-state index contributed by atoms with van der Waals surface area (Å²) in [5, 5.41) is 10.1. The highest BCUT2D eigenvalue weighted by Gasteiger charge is 2.26. The average Bonchev–Trinajstić information content (AvgIpc) is 3.06. The van der Waals surface area contributed by atoms with E-state index in [9.17, 15) is 4.79 Å². The second kappa shape index (κ2) is 6.76. The van der Waals surface area contributed by atoms with Crippen LogP contribution in [0.5, 0.6) is 0 Å². The quantitative estimate of drug-likeness (QED) is 0.774. The minimum Gasteiger partial charge on any atom is -0.379 e. The minimum absolute atomic E-state index is 0.0841. The normalized spacial score (nSPS) is 18.6. The van der Waals surface area contributed by atoms with Crippen LogP contribution in [0.25, 0.3) is 0 Å². The molecule has 0 aliphatic carbocycles. The molecule has 0 saturated carbocycles. The van der Waals surface area contributed by atoms with Gasteiger partial charge in [0.15, 0.2) is 0 Å². The Morgan fingerprint density at radius 3 is 3.10 bits per heavy atom. The summed E-state index contributed by atoms with van der Waals surface area (Å²) in [6.07, 6.45) is 4.32. The van der Waals surface area contributed by atoms with Crippen LogP contribution in [-0.2, 0) is 16.1 Å². The van der Waals surface area contributed by atoms with Gasteiger partial charge in [-0.15, -0.1) is 0 Å². The van der Waals surface area contributed by atoms with Gasteiger partial charge in [-0.2, -0.15) is 5.10 Å². The van der Waals surface area contributed by atoms with Gasteiger partial charge in [0.1, 0.15) is 10.4 Å². The number of aromatic nitrogens is 2. The Bertz CT molecular complexity index is 530. The summed E-state index contributed by atoms with van der Waals surface area (Å²) in [7, 11) is 1.70. The molecule has 1 aromatic rings. The van der Waals surface area contributed by atoms with Crippen molar-refractivity contribution >= 4 is 39.9 Å². The summed E-state index contributed by atoms with van der Waals surface area (Å²) in [6.45, 7) is 4.80. The lowest BCUT2D eigenvalue weighted by Crippen LogP contribution is -2.38. The number of carbonyl (C=O) groups is 1. The van der Waals surface area contributed by atoms with Crippen LogP contribution in [0.4, 0.5) is 5.69 Å². The van der Waals surface area contributed by atoms with Crippen molar-refractivity contribution in [2.24, 2.45) is 0 Å². The molecule has 116 valence electrons. The van der Waals surface area contributed by atoms with Crippen LogP contribution in [0.2, 0.25) is 0 Å². The van der Waals surface area contributed by atoms with Gasteiger partial charge >= 0.3 is 0 Å². The van der Waals surface area contributed by atoms with Crippen molar-refractivity contribution in [3.05, 3.63) is 12.4 Å². The lowest BCUT2D eigenvalue weighted by molar-refractivity contribution is -0.117. The molecule has 2 heterocycles. The number of thiocarbonyl (C=S) groups is 1. The van der Waals surface area contributed by atoms with Gasteiger partial charge < -0.3 is 15.4 Å². The number of methoxy groups -OCH3 is 1. The molecule has 2 N–H and O–H groups in total. The molecule has 0 bridgehead atoms. The smallest absolute Gasteiger partial charge is 0.247 e. The molecular weight excluding hydrogens is 308 g/mol. The van der Waals surface area contributed by atoms with Gasteiger partial charge in [-0.05, 0) is 20.3 Å². The fourth-order valence-corrected chi connectivity index (χ4v) is 2.92. The maximum Gasteiger partial charge on any atom is 0.247 e. The van der Waals surface area contributed by atoms with Crippen molar-refractivity contribution in [3.63, 3.8) is 0 Å². The molecular formula is C13H20N4O2S2. The summed E-state index contributed by atoms with van der Waals surface area (Å²) < 4.78 is 7.85. The van der Waals surface area contributed by atoms with Gasteiger partial charge in [0.2, 0.25) is 5.91 Å². The molecule has 0 aromatic carbocycles. The fraction of sp³-hybridized carbons (Fsp3) is 0.615. The summed E-state index contributed by atoms with van der Waals surface area (Å²) >= 11 is 6.50. The molecule has 21 heavy (non-hydrogen) atoms. The third kappa shape index (κ3) is 4.69. The van der Waals surface area contributed by atoms with Crippen LogP contribution in [0.15, 0.2) is 12.4 Å². The number of carbonyl (C=O) groups excluding carboxylic acids is 1. The second-order valence-electron chi connectivity index (χ2n) is 5.49. The number of amides is 1. The number of nitrogens with one attached hydrogen (secondary N) is 2. The van der Waals surface area contributed by atoms with Crippen molar-refractivity contribution in [3.8, 4) is 0 Å². The molecule has 1 saturated heterocycles. The number of hydrogen-bond donors (Lipinski definition) is 2. The Morgan fingerprint density at radius 1 is 1.71 bits per heavy atom. The van der Waals surface area contributed by atoms with E-state index >= 15 is 0 Å². The van der Waals surface area contributed by atoms with Crippen molar-refractivity contribution in [2.75, 3.05) is 18.2 Å². The van der Waals surface area contributed by atoms with Crippen LogP contribution < -0.4 is 10.6 Å². The molecule has 0 radical (unpaired) electrons. The SMILES string of the molecule is COC(C)(C)CCn1cc(NC(=O)C2CSC(=S)N2)cn1. The van der Waals surface area contributed by atoms with Crippen LogP contribution in [-0.4, -0.2) is 44.5 Å². The van der Waals surface area contributed by atoms with E-state index in [2.05, 4.69) is 15.7 Å². The highest BCUT2D eigenvalue weighted by Crippen LogP contribution is 2.17. The third-order valence-electron chi connectivity index (χ3n) is 3.39. The van der Waals surface area contributed by atoms with Crippen LogP contribution in [0.3, 0.4) is 0 Å². The van der Waals surface area contributed by atoms with Gasteiger partial charge in [0.05, 0.1) is 17.5 Å². The molecule has 1 amide bonds. The lowest BCUT2D eigenvalue weighted by Gasteiger charge is -2.22. The zero-order valence-corrected chi connectivity index (χ0v) is 14.0. The summed E-state index contributed by atoms with van der Waals surface area (Å²) in [6, 6.07) is -0.265. The predicted octanol–water partition coefficient (Wildman–Crippen LogP) is 1.63.